The van der Waals surface area contributed by atoms with E-state index in [9.17, 15) is 4.79 Å². The molecule has 1 heterocycles. The third kappa shape index (κ3) is 6.94. The molecule has 0 unspecified atom stereocenters. The van der Waals surface area contributed by atoms with E-state index >= 15 is 0 Å². The Labute approximate surface area is 220 Å². The lowest BCUT2D eigenvalue weighted by molar-refractivity contribution is -0.118. The minimum Gasteiger partial charge on any atom is -0.488 e. The number of hydrogen-bond acceptors (Lipinski definition) is 6. The maximum absolute atomic E-state index is 12.3. The molecule has 0 fully saturated rings. The SMILES string of the molecule is Cn1c(SCC(=O)N/N=C/c2ccccc2OCc2cccc(Br)c2)nnc1-c1cccc(Cl)c1. The Morgan fingerprint density at radius 3 is 2.80 bits per heavy atom. The van der Waals surface area contributed by atoms with E-state index in [-0.39, 0.29) is 11.7 Å². The molecule has 1 N–H and O–H groups in total. The first-order valence-electron chi connectivity index (χ1n) is 10.6. The summed E-state index contributed by atoms with van der Waals surface area (Å²) in [4.78, 5) is 12.3. The Morgan fingerprint density at radius 2 is 1.97 bits per heavy atom. The highest BCUT2D eigenvalue weighted by Gasteiger charge is 2.13. The van der Waals surface area contributed by atoms with Crippen molar-refractivity contribution in [1.29, 1.82) is 0 Å². The second-order valence-corrected chi connectivity index (χ2v) is 9.71. The van der Waals surface area contributed by atoms with E-state index in [1.54, 1.807) is 12.3 Å². The largest absolute Gasteiger partial charge is 0.488 e. The van der Waals surface area contributed by atoms with Gasteiger partial charge in [-0.1, -0.05) is 75.7 Å². The molecule has 0 aliphatic carbocycles. The molecule has 4 aromatic rings. The molecule has 0 saturated carbocycles. The van der Waals surface area contributed by atoms with Gasteiger partial charge in [0.2, 0.25) is 0 Å². The van der Waals surface area contributed by atoms with E-state index in [0.717, 1.165) is 21.2 Å². The van der Waals surface area contributed by atoms with Gasteiger partial charge in [0.1, 0.15) is 12.4 Å². The van der Waals surface area contributed by atoms with Gasteiger partial charge in [-0.2, -0.15) is 5.10 Å². The highest BCUT2D eigenvalue weighted by atomic mass is 79.9. The number of para-hydroxylation sites is 1. The van der Waals surface area contributed by atoms with Crippen LogP contribution in [0.1, 0.15) is 11.1 Å². The van der Waals surface area contributed by atoms with Gasteiger partial charge in [0, 0.05) is 27.7 Å². The van der Waals surface area contributed by atoms with Crippen molar-refractivity contribution in [3.8, 4) is 17.1 Å². The molecule has 178 valence electrons. The van der Waals surface area contributed by atoms with Crippen LogP contribution in [-0.4, -0.2) is 32.6 Å². The van der Waals surface area contributed by atoms with E-state index in [1.807, 2.05) is 78.3 Å². The summed E-state index contributed by atoms with van der Waals surface area (Å²) in [7, 11) is 1.85. The smallest absolute Gasteiger partial charge is 0.250 e. The fourth-order valence-corrected chi connectivity index (χ4v) is 4.50. The summed E-state index contributed by atoms with van der Waals surface area (Å²) in [6, 6.07) is 22.8. The van der Waals surface area contributed by atoms with Crippen LogP contribution in [0.15, 0.2) is 87.5 Å². The van der Waals surface area contributed by atoms with Crippen molar-refractivity contribution in [2.45, 2.75) is 11.8 Å². The highest BCUT2D eigenvalue weighted by molar-refractivity contribution is 9.10. The Morgan fingerprint density at radius 1 is 1.14 bits per heavy atom. The number of halogens is 2. The molecule has 3 aromatic carbocycles. The summed E-state index contributed by atoms with van der Waals surface area (Å²) in [6.45, 7) is 0.419. The fourth-order valence-electron chi connectivity index (χ4n) is 3.16. The van der Waals surface area contributed by atoms with Crippen molar-refractivity contribution in [3.63, 3.8) is 0 Å². The lowest BCUT2D eigenvalue weighted by Gasteiger charge is -2.09. The summed E-state index contributed by atoms with van der Waals surface area (Å²) in [5.41, 5.74) is 5.20. The Hall–Kier alpha value is -3.14. The number of hydrazone groups is 1. The predicted octanol–water partition coefficient (Wildman–Crippen LogP) is 5.72. The van der Waals surface area contributed by atoms with Crippen LogP contribution in [0.5, 0.6) is 5.75 Å². The molecule has 4 rings (SSSR count). The van der Waals surface area contributed by atoms with Crippen LogP contribution in [0, 0.1) is 0 Å². The molecular formula is C25H21BrClN5O2S. The number of amides is 1. The minimum atomic E-state index is -0.258. The van der Waals surface area contributed by atoms with Crippen molar-refractivity contribution >= 4 is 51.4 Å². The number of thioether (sulfide) groups is 1. The van der Waals surface area contributed by atoms with Gasteiger partial charge >= 0.3 is 0 Å². The zero-order valence-corrected chi connectivity index (χ0v) is 21.8. The maximum Gasteiger partial charge on any atom is 0.250 e. The molecule has 1 amide bonds. The molecule has 0 atom stereocenters. The summed E-state index contributed by atoms with van der Waals surface area (Å²) in [6.07, 6.45) is 1.57. The number of hydrogen-bond donors (Lipinski definition) is 1. The van der Waals surface area contributed by atoms with E-state index < -0.39 is 0 Å². The quantitative estimate of drug-likeness (QED) is 0.158. The number of benzene rings is 3. The Balaban J connectivity index is 1.31. The van der Waals surface area contributed by atoms with Crippen LogP contribution in [-0.2, 0) is 18.4 Å². The molecule has 10 heteroatoms. The standard InChI is InChI=1S/C25H21BrClN5O2S/c1-32-24(18-8-5-10-21(27)13-18)30-31-25(32)35-16-23(33)29-28-14-19-7-2-3-11-22(19)34-15-17-6-4-9-20(26)12-17/h2-14H,15-16H2,1H3,(H,29,33)/b28-14+. The number of nitrogens with one attached hydrogen (secondary N) is 1. The van der Waals surface area contributed by atoms with Crippen molar-refractivity contribution in [2.75, 3.05) is 5.75 Å². The Kier molecular flexibility index (Phi) is 8.57. The van der Waals surface area contributed by atoms with Gasteiger partial charge in [-0.15, -0.1) is 10.2 Å². The number of carbonyl (C=O) groups is 1. The van der Waals surface area contributed by atoms with Gasteiger partial charge in [-0.25, -0.2) is 5.43 Å². The van der Waals surface area contributed by atoms with Gasteiger partial charge in [0.25, 0.3) is 5.91 Å². The van der Waals surface area contributed by atoms with Gasteiger partial charge in [0.05, 0.1) is 12.0 Å². The maximum atomic E-state index is 12.3. The van der Waals surface area contributed by atoms with Crippen LogP contribution in [0.2, 0.25) is 5.02 Å². The van der Waals surface area contributed by atoms with Crippen LogP contribution < -0.4 is 10.2 Å². The molecule has 0 spiro atoms. The number of nitrogens with zero attached hydrogens (tertiary/aromatic N) is 4. The minimum absolute atomic E-state index is 0.139. The van der Waals surface area contributed by atoms with Crippen LogP contribution >= 0.6 is 39.3 Å². The molecule has 0 radical (unpaired) electrons. The molecular weight excluding hydrogens is 550 g/mol. The number of aromatic nitrogens is 3. The average molecular weight is 571 g/mol. The molecule has 35 heavy (non-hydrogen) atoms. The zero-order chi connectivity index (χ0) is 24.6. The van der Waals surface area contributed by atoms with E-state index in [2.05, 4.69) is 36.7 Å². The molecule has 0 aliphatic heterocycles. The normalized spacial score (nSPS) is 11.1. The van der Waals surface area contributed by atoms with Gasteiger partial charge < -0.3 is 9.30 Å². The molecule has 1 aromatic heterocycles. The average Bonchev–Trinajstić information content (AvgIpc) is 3.22. The molecule has 0 bridgehead atoms. The first-order chi connectivity index (χ1) is 17.0. The van der Waals surface area contributed by atoms with Crippen LogP contribution in [0.3, 0.4) is 0 Å². The summed E-state index contributed by atoms with van der Waals surface area (Å²) >= 11 is 10.8. The molecule has 7 nitrogen and oxygen atoms in total. The van der Waals surface area contributed by atoms with Crippen LogP contribution in [0.4, 0.5) is 0 Å². The molecule has 0 aliphatic rings. The van der Waals surface area contributed by atoms with Gasteiger partial charge in [-0.3, -0.25) is 4.79 Å². The lowest BCUT2D eigenvalue weighted by Crippen LogP contribution is -2.20. The summed E-state index contributed by atoms with van der Waals surface area (Å²) < 4.78 is 8.77. The van der Waals surface area contributed by atoms with Gasteiger partial charge in [-0.05, 0) is 42.0 Å². The summed E-state index contributed by atoms with van der Waals surface area (Å²) in [5, 5.41) is 13.7. The lowest BCUT2D eigenvalue weighted by atomic mass is 10.2. The van der Waals surface area contributed by atoms with Gasteiger partial charge in [0.15, 0.2) is 11.0 Å². The monoisotopic (exact) mass is 569 g/mol. The third-order valence-electron chi connectivity index (χ3n) is 4.85. The summed E-state index contributed by atoms with van der Waals surface area (Å²) in [5.74, 6) is 1.23. The topological polar surface area (TPSA) is 81.4 Å². The number of rotatable bonds is 9. The van der Waals surface area contributed by atoms with Crippen LogP contribution in [0.25, 0.3) is 11.4 Å². The molecule has 0 saturated heterocycles. The number of carbonyl (C=O) groups excluding carboxylic acids is 1. The zero-order valence-electron chi connectivity index (χ0n) is 18.7. The van der Waals surface area contributed by atoms with E-state index in [4.69, 9.17) is 16.3 Å². The second-order valence-electron chi connectivity index (χ2n) is 7.41. The fraction of sp³-hybridized carbons (Fsp3) is 0.120. The first kappa shape index (κ1) is 25.0. The number of ether oxygens (including phenoxy) is 1. The first-order valence-corrected chi connectivity index (χ1v) is 12.7. The highest BCUT2D eigenvalue weighted by Crippen LogP contribution is 2.24. The van der Waals surface area contributed by atoms with Crippen molar-refractivity contribution in [2.24, 2.45) is 12.1 Å². The van der Waals surface area contributed by atoms with Crippen molar-refractivity contribution in [3.05, 3.63) is 93.4 Å². The Bertz CT molecular complexity index is 1360. The van der Waals surface area contributed by atoms with Crippen molar-refractivity contribution < 1.29 is 9.53 Å². The second kappa shape index (κ2) is 12.0. The third-order valence-corrected chi connectivity index (χ3v) is 6.59. The van der Waals surface area contributed by atoms with Crippen molar-refractivity contribution in [1.82, 2.24) is 20.2 Å². The van der Waals surface area contributed by atoms with E-state index in [0.29, 0.717) is 28.4 Å². The predicted molar refractivity (Wildman–Crippen MR) is 143 cm³/mol. The van der Waals surface area contributed by atoms with E-state index in [1.165, 1.54) is 11.8 Å².